The van der Waals surface area contributed by atoms with Crippen LogP contribution in [0.15, 0.2) is 66.9 Å². The fourth-order valence-electron chi connectivity index (χ4n) is 3.20. The van der Waals surface area contributed by atoms with Gasteiger partial charge in [-0.3, -0.25) is 4.98 Å². The van der Waals surface area contributed by atoms with E-state index in [4.69, 9.17) is 15.7 Å². The summed E-state index contributed by atoms with van der Waals surface area (Å²) in [5.74, 6) is 1.10. The zero-order chi connectivity index (χ0) is 18.2. The number of nitrogens with one attached hydrogen (secondary N) is 1. The molecular formula is C22H19N5. The van der Waals surface area contributed by atoms with E-state index in [2.05, 4.69) is 22.4 Å². The maximum Gasteiger partial charge on any atom is 0.169 e. The molecule has 2 aromatic heterocycles. The van der Waals surface area contributed by atoms with Crippen LogP contribution < -0.4 is 11.1 Å². The molecule has 0 amide bonds. The lowest BCUT2D eigenvalue weighted by molar-refractivity contribution is 1.10. The van der Waals surface area contributed by atoms with Crippen molar-refractivity contribution in [3.8, 4) is 22.5 Å². The third-order valence-electron chi connectivity index (χ3n) is 4.76. The second-order valence-corrected chi connectivity index (χ2v) is 6.85. The molecule has 0 radical (unpaired) electrons. The number of pyridine rings is 1. The average molecular weight is 353 g/mol. The van der Waals surface area contributed by atoms with Crippen molar-refractivity contribution in [2.45, 2.75) is 18.9 Å². The highest BCUT2D eigenvalue weighted by Gasteiger charge is 2.24. The summed E-state index contributed by atoms with van der Waals surface area (Å²) in [4.78, 5) is 14.0. The Balaban J connectivity index is 1.71. The van der Waals surface area contributed by atoms with Crippen LogP contribution in [0.1, 0.15) is 12.8 Å². The predicted molar refractivity (Wildman–Crippen MR) is 109 cm³/mol. The minimum atomic E-state index is 0.437. The first-order chi connectivity index (χ1) is 13.3. The van der Waals surface area contributed by atoms with E-state index >= 15 is 0 Å². The lowest BCUT2D eigenvalue weighted by Crippen LogP contribution is -2.09. The third kappa shape index (κ3) is 3.08. The summed E-state index contributed by atoms with van der Waals surface area (Å²) in [5.41, 5.74) is 10.8. The Kier molecular flexibility index (Phi) is 3.71. The van der Waals surface area contributed by atoms with Crippen LogP contribution in [-0.2, 0) is 0 Å². The summed E-state index contributed by atoms with van der Waals surface area (Å²) < 4.78 is 0. The van der Waals surface area contributed by atoms with Crippen LogP contribution in [0.5, 0.6) is 0 Å². The van der Waals surface area contributed by atoms with E-state index in [0.717, 1.165) is 46.3 Å². The normalized spacial score (nSPS) is 13.6. The Morgan fingerprint density at radius 3 is 2.48 bits per heavy atom. The molecule has 5 nitrogen and oxygen atoms in total. The summed E-state index contributed by atoms with van der Waals surface area (Å²) in [6.45, 7) is 0. The first-order valence-corrected chi connectivity index (χ1v) is 9.12. The second kappa shape index (κ2) is 6.36. The number of fused-ring (bicyclic) bond motifs is 1. The fourth-order valence-corrected chi connectivity index (χ4v) is 3.20. The maximum atomic E-state index is 6.23. The monoisotopic (exact) mass is 353 g/mol. The second-order valence-electron chi connectivity index (χ2n) is 6.85. The van der Waals surface area contributed by atoms with Crippen LogP contribution in [0.2, 0.25) is 0 Å². The smallest absolute Gasteiger partial charge is 0.169 e. The predicted octanol–water partition coefficient (Wildman–Crippen LogP) is 4.52. The quantitative estimate of drug-likeness (QED) is 0.564. The molecule has 1 saturated carbocycles. The summed E-state index contributed by atoms with van der Waals surface area (Å²) in [7, 11) is 0. The van der Waals surface area contributed by atoms with Crippen LogP contribution in [0.3, 0.4) is 0 Å². The Hall–Kier alpha value is -3.47. The minimum Gasteiger partial charge on any atom is -0.381 e. The zero-order valence-electron chi connectivity index (χ0n) is 14.8. The van der Waals surface area contributed by atoms with Gasteiger partial charge in [0.1, 0.15) is 0 Å². The number of hydrogen-bond acceptors (Lipinski definition) is 5. The average Bonchev–Trinajstić information content (AvgIpc) is 3.54. The van der Waals surface area contributed by atoms with Crippen molar-refractivity contribution in [2.75, 3.05) is 11.1 Å². The van der Waals surface area contributed by atoms with E-state index in [-0.39, 0.29) is 0 Å². The highest BCUT2D eigenvalue weighted by atomic mass is 15.1. The molecule has 0 aliphatic heterocycles. The molecule has 5 heteroatoms. The molecule has 3 N–H and O–H groups in total. The lowest BCUT2D eigenvalue weighted by atomic mass is 10.0. The van der Waals surface area contributed by atoms with Crippen LogP contribution in [0, 0.1) is 0 Å². The molecule has 2 aromatic carbocycles. The molecule has 0 atom stereocenters. The molecule has 0 unspecified atom stereocenters. The largest absolute Gasteiger partial charge is 0.381 e. The summed E-state index contributed by atoms with van der Waals surface area (Å²) in [6, 6.07) is 20.7. The minimum absolute atomic E-state index is 0.437. The molecule has 132 valence electrons. The van der Waals surface area contributed by atoms with Crippen molar-refractivity contribution in [2.24, 2.45) is 0 Å². The van der Waals surface area contributed by atoms with Gasteiger partial charge in [-0.05, 0) is 31.0 Å². The van der Waals surface area contributed by atoms with E-state index < -0.39 is 0 Å². The third-order valence-corrected chi connectivity index (χ3v) is 4.76. The first kappa shape index (κ1) is 15.8. The molecule has 0 saturated heterocycles. The molecule has 4 aromatic rings. The van der Waals surface area contributed by atoms with Crippen LogP contribution in [0.4, 0.5) is 11.6 Å². The molecule has 0 bridgehead atoms. The molecule has 2 heterocycles. The number of hydrogen-bond donors (Lipinski definition) is 2. The van der Waals surface area contributed by atoms with Gasteiger partial charge in [0.2, 0.25) is 0 Å². The summed E-state index contributed by atoms with van der Waals surface area (Å²) in [6.07, 6.45) is 4.11. The standard InChI is InChI=1S/C22H19N5/c23-21-22(25-17-9-10-17)27-20(19(26-21)14-5-2-1-3-6-14)16-8-11-18-15(13-16)7-4-12-24-18/h1-8,11-13,17H,9-10H2,(H2,23,26)(H,25,27). The lowest BCUT2D eigenvalue weighted by Gasteiger charge is -2.14. The zero-order valence-corrected chi connectivity index (χ0v) is 14.8. The van der Waals surface area contributed by atoms with Gasteiger partial charge in [-0.2, -0.15) is 0 Å². The van der Waals surface area contributed by atoms with Crippen LogP contribution >= 0.6 is 0 Å². The van der Waals surface area contributed by atoms with E-state index in [1.54, 1.807) is 6.20 Å². The fraction of sp³-hybridized carbons (Fsp3) is 0.136. The Morgan fingerprint density at radius 2 is 1.67 bits per heavy atom. The number of nitrogens with zero attached hydrogens (tertiary/aromatic N) is 3. The van der Waals surface area contributed by atoms with Crippen molar-refractivity contribution in [3.63, 3.8) is 0 Å². The van der Waals surface area contributed by atoms with Gasteiger partial charge in [0.25, 0.3) is 0 Å². The number of benzene rings is 2. The highest BCUT2D eigenvalue weighted by Crippen LogP contribution is 2.35. The van der Waals surface area contributed by atoms with Gasteiger partial charge in [-0.15, -0.1) is 0 Å². The molecule has 5 rings (SSSR count). The molecule has 0 spiro atoms. The molecule has 27 heavy (non-hydrogen) atoms. The number of anilines is 2. The van der Waals surface area contributed by atoms with Crippen LogP contribution in [-0.4, -0.2) is 21.0 Å². The van der Waals surface area contributed by atoms with Gasteiger partial charge in [0.05, 0.1) is 16.9 Å². The van der Waals surface area contributed by atoms with Crippen molar-refractivity contribution in [1.82, 2.24) is 15.0 Å². The van der Waals surface area contributed by atoms with Gasteiger partial charge in [0.15, 0.2) is 11.6 Å². The van der Waals surface area contributed by atoms with Crippen molar-refractivity contribution >= 4 is 22.5 Å². The van der Waals surface area contributed by atoms with E-state index in [9.17, 15) is 0 Å². The van der Waals surface area contributed by atoms with E-state index in [1.165, 1.54) is 0 Å². The molecule has 1 fully saturated rings. The number of aromatic nitrogens is 3. The highest BCUT2D eigenvalue weighted by molar-refractivity contribution is 5.88. The van der Waals surface area contributed by atoms with Gasteiger partial charge >= 0.3 is 0 Å². The topological polar surface area (TPSA) is 76.7 Å². The number of nitrogen functional groups attached to an aromatic ring is 1. The molecular weight excluding hydrogens is 334 g/mol. The van der Waals surface area contributed by atoms with Gasteiger partial charge < -0.3 is 11.1 Å². The van der Waals surface area contributed by atoms with E-state index in [0.29, 0.717) is 17.7 Å². The summed E-state index contributed by atoms with van der Waals surface area (Å²) in [5, 5.41) is 4.47. The van der Waals surface area contributed by atoms with Gasteiger partial charge in [-0.1, -0.05) is 42.5 Å². The molecule has 1 aliphatic carbocycles. The van der Waals surface area contributed by atoms with Crippen molar-refractivity contribution < 1.29 is 0 Å². The number of nitrogens with two attached hydrogens (primary N) is 1. The Bertz CT molecular complexity index is 1120. The van der Waals surface area contributed by atoms with Gasteiger partial charge in [0, 0.05) is 28.8 Å². The summed E-state index contributed by atoms with van der Waals surface area (Å²) >= 11 is 0. The maximum absolute atomic E-state index is 6.23. The Morgan fingerprint density at radius 1 is 0.852 bits per heavy atom. The van der Waals surface area contributed by atoms with Gasteiger partial charge in [-0.25, -0.2) is 9.97 Å². The van der Waals surface area contributed by atoms with Crippen LogP contribution in [0.25, 0.3) is 33.4 Å². The Labute approximate surface area is 157 Å². The first-order valence-electron chi connectivity index (χ1n) is 9.12. The van der Waals surface area contributed by atoms with E-state index in [1.807, 2.05) is 48.5 Å². The number of rotatable bonds is 4. The SMILES string of the molecule is Nc1nc(-c2ccccc2)c(-c2ccc3ncccc3c2)nc1NC1CC1. The van der Waals surface area contributed by atoms with Crippen molar-refractivity contribution in [1.29, 1.82) is 0 Å². The van der Waals surface area contributed by atoms with Crippen molar-refractivity contribution in [3.05, 3.63) is 66.9 Å². The molecule has 1 aliphatic rings.